The molecule has 0 fully saturated rings. The molecule has 5 heteroatoms. The Hall–Kier alpha value is -1.36. The summed E-state index contributed by atoms with van der Waals surface area (Å²) in [5, 5.41) is 4.15. The minimum atomic E-state index is -0.0444. The van der Waals surface area contributed by atoms with Crippen LogP contribution in [0.4, 0.5) is 5.69 Å². The van der Waals surface area contributed by atoms with Crippen LogP contribution in [0.25, 0.3) is 0 Å². The van der Waals surface area contributed by atoms with E-state index in [4.69, 9.17) is 5.73 Å². The van der Waals surface area contributed by atoms with Crippen LogP contribution in [0.2, 0.25) is 0 Å². The molecule has 0 amide bonds. The van der Waals surface area contributed by atoms with Crippen LogP contribution >= 0.6 is 0 Å². The second-order valence-corrected chi connectivity index (χ2v) is 4.64. The normalized spacial score (nSPS) is 12.5. The number of aromatic nitrogens is 2. The van der Waals surface area contributed by atoms with E-state index in [1.165, 1.54) is 4.68 Å². The minimum Gasteiger partial charge on any atom is -0.376 e. The van der Waals surface area contributed by atoms with Gasteiger partial charge in [-0.05, 0) is 19.8 Å². The lowest BCUT2D eigenvalue weighted by Crippen LogP contribution is -2.24. The lowest BCUT2D eigenvalue weighted by molar-refractivity contribution is 0.504. The fourth-order valence-electron chi connectivity index (χ4n) is 1.56. The Bertz CT molecular complexity index is 398. The molecule has 0 aromatic carbocycles. The predicted octanol–water partition coefficient (Wildman–Crippen LogP) is 0.827. The zero-order valence-electron chi connectivity index (χ0n) is 10.9. The van der Waals surface area contributed by atoms with Crippen molar-refractivity contribution in [3.05, 3.63) is 22.6 Å². The first kappa shape index (κ1) is 13.7. The molecule has 2 N–H and O–H groups in total. The van der Waals surface area contributed by atoms with E-state index in [0.717, 1.165) is 24.9 Å². The summed E-state index contributed by atoms with van der Waals surface area (Å²) in [4.78, 5) is 13.6. The molecule has 1 heterocycles. The molecule has 0 saturated heterocycles. The molecule has 0 radical (unpaired) electrons. The Morgan fingerprint density at radius 1 is 1.47 bits per heavy atom. The minimum absolute atomic E-state index is 0.0444. The predicted molar refractivity (Wildman–Crippen MR) is 70.3 cm³/mol. The van der Waals surface area contributed by atoms with Gasteiger partial charge >= 0.3 is 0 Å². The van der Waals surface area contributed by atoms with Gasteiger partial charge in [0.15, 0.2) is 0 Å². The van der Waals surface area contributed by atoms with Gasteiger partial charge in [0.1, 0.15) is 0 Å². The Morgan fingerprint density at radius 3 is 2.71 bits per heavy atom. The van der Waals surface area contributed by atoms with Gasteiger partial charge in [-0.15, -0.1) is 0 Å². The van der Waals surface area contributed by atoms with Crippen molar-refractivity contribution in [1.82, 2.24) is 9.78 Å². The molecule has 1 aromatic rings. The van der Waals surface area contributed by atoms with Crippen molar-refractivity contribution >= 4 is 5.69 Å². The Morgan fingerprint density at radius 2 is 2.18 bits per heavy atom. The molecular formula is C12H22N4O. The summed E-state index contributed by atoms with van der Waals surface area (Å²) in [7, 11) is 3.78. The van der Waals surface area contributed by atoms with Gasteiger partial charge in [-0.1, -0.05) is 6.42 Å². The molecule has 1 unspecified atom stereocenters. The molecule has 1 atom stereocenters. The number of nitrogens with two attached hydrogens (primary N) is 1. The quantitative estimate of drug-likeness (QED) is 0.745. The number of anilines is 1. The Kier molecular flexibility index (Phi) is 5.15. The molecule has 0 saturated carbocycles. The zero-order chi connectivity index (χ0) is 12.8. The van der Waals surface area contributed by atoms with Crippen molar-refractivity contribution in [2.45, 2.75) is 38.8 Å². The molecule has 17 heavy (non-hydrogen) atoms. The molecule has 1 rings (SSSR count). The third kappa shape index (κ3) is 4.56. The molecule has 96 valence electrons. The average Bonchev–Trinajstić information content (AvgIpc) is 2.25. The highest BCUT2D eigenvalue weighted by Gasteiger charge is 2.02. The van der Waals surface area contributed by atoms with Gasteiger partial charge in [-0.2, -0.15) is 5.10 Å². The van der Waals surface area contributed by atoms with Crippen LogP contribution in [0.3, 0.4) is 0 Å². The third-order valence-electron chi connectivity index (χ3n) is 2.65. The largest absolute Gasteiger partial charge is 0.376 e. The van der Waals surface area contributed by atoms with Crippen LogP contribution in [0, 0.1) is 0 Å². The van der Waals surface area contributed by atoms with Gasteiger partial charge in [0.2, 0.25) is 0 Å². The lowest BCUT2D eigenvalue weighted by atomic mass is 10.1. The second kappa shape index (κ2) is 6.39. The van der Waals surface area contributed by atoms with Gasteiger partial charge in [0.25, 0.3) is 5.56 Å². The molecule has 0 bridgehead atoms. The van der Waals surface area contributed by atoms with Crippen molar-refractivity contribution in [3.8, 4) is 0 Å². The van der Waals surface area contributed by atoms with Crippen molar-refractivity contribution in [3.63, 3.8) is 0 Å². The molecule has 1 aromatic heterocycles. The molecule has 0 aliphatic heterocycles. The first-order valence-electron chi connectivity index (χ1n) is 6.01. The number of hydrogen-bond acceptors (Lipinski definition) is 4. The third-order valence-corrected chi connectivity index (χ3v) is 2.65. The molecular weight excluding hydrogens is 216 g/mol. The summed E-state index contributed by atoms with van der Waals surface area (Å²) < 4.78 is 1.51. The number of rotatable bonds is 6. The van der Waals surface area contributed by atoms with Crippen LogP contribution in [-0.4, -0.2) is 29.9 Å². The molecule has 0 spiro atoms. The zero-order valence-corrected chi connectivity index (χ0v) is 10.9. The summed E-state index contributed by atoms with van der Waals surface area (Å²) in [5.41, 5.74) is 6.46. The number of nitrogens with zero attached hydrogens (tertiary/aromatic N) is 3. The number of unbranched alkanes of at least 4 members (excludes halogenated alkanes) is 1. The van der Waals surface area contributed by atoms with Gasteiger partial charge < -0.3 is 10.6 Å². The van der Waals surface area contributed by atoms with E-state index in [1.54, 1.807) is 12.3 Å². The summed E-state index contributed by atoms with van der Waals surface area (Å²) in [6.45, 7) is 2.66. The lowest BCUT2D eigenvalue weighted by Gasteiger charge is -2.12. The number of hydrogen-bond donors (Lipinski definition) is 1. The topological polar surface area (TPSA) is 64.2 Å². The molecule has 0 aliphatic carbocycles. The fraction of sp³-hybridized carbons (Fsp3) is 0.667. The van der Waals surface area contributed by atoms with E-state index in [2.05, 4.69) is 5.10 Å². The first-order chi connectivity index (χ1) is 8.00. The Labute approximate surface area is 102 Å². The maximum Gasteiger partial charge on any atom is 0.268 e. The van der Waals surface area contributed by atoms with Crippen molar-refractivity contribution in [2.24, 2.45) is 5.73 Å². The molecule has 5 nitrogen and oxygen atoms in total. The van der Waals surface area contributed by atoms with E-state index >= 15 is 0 Å². The van der Waals surface area contributed by atoms with E-state index in [-0.39, 0.29) is 11.6 Å². The van der Waals surface area contributed by atoms with E-state index in [0.29, 0.717) is 6.54 Å². The van der Waals surface area contributed by atoms with Gasteiger partial charge in [0.05, 0.1) is 11.9 Å². The first-order valence-corrected chi connectivity index (χ1v) is 6.01. The fourth-order valence-corrected chi connectivity index (χ4v) is 1.56. The second-order valence-electron chi connectivity index (χ2n) is 4.64. The van der Waals surface area contributed by atoms with Crippen molar-refractivity contribution in [2.75, 3.05) is 19.0 Å². The van der Waals surface area contributed by atoms with Crippen molar-refractivity contribution in [1.29, 1.82) is 0 Å². The maximum atomic E-state index is 11.7. The summed E-state index contributed by atoms with van der Waals surface area (Å²) >= 11 is 0. The molecule has 0 aliphatic rings. The van der Waals surface area contributed by atoms with Crippen LogP contribution in [0.15, 0.2) is 17.1 Å². The number of aryl methyl sites for hydroxylation is 1. The van der Waals surface area contributed by atoms with Crippen LogP contribution in [0.5, 0.6) is 0 Å². The summed E-state index contributed by atoms with van der Waals surface area (Å²) in [6.07, 6.45) is 4.68. The average molecular weight is 238 g/mol. The summed E-state index contributed by atoms with van der Waals surface area (Å²) in [5.74, 6) is 0. The summed E-state index contributed by atoms with van der Waals surface area (Å²) in [6, 6.07) is 1.84. The highest BCUT2D eigenvalue weighted by atomic mass is 16.1. The van der Waals surface area contributed by atoms with E-state index in [1.807, 2.05) is 25.9 Å². The highest BCUT2D eigenvalue weighted by molar-refractivity contribution is 5.40. The van der Waals surface area contributed by atoms with E-state index in [9.17, 15) is 4.79 Å². The standard InChI is InChI=1S/C12H22N4O/c1-10(13)6-4-5-7-16-12(17)8-11(9-14-16)15(2)3/h8-10H,4-7,13H2,1-3H3. The van der Waals surface area contributed by atoms with Crippen LogP contribution in [-0.2, 0) is 6.54 Å². The van der Waals surface area contributed by atoms with Crippen molar-refractivity contribution < 1.29 is 0 Å². The van der Waals surface area contributed by atoms with Gasteiger partial charge in [-0.3, -0.25) is 4.79 Å². The van der Waals surface area contributed by atoms with Gasteiger partial charge in [-0.25, -0.2) is 4.68 Å². The van der Waals surface area contributed by atoms with Gasteiger partial charge in [0, 0.05) is 32.7 Å². The van der Waals surface area contributed by atoms with Crippen LogP contribution in [0.1, 0.15) is 26.2 Å². The maximum absolute atomic E-state index is 11.7. The smallest absolute Gasteiger partial charge is 0.268 e. The SMILES string of the molecule is CC(N)CCCCn1ncc(N(C)C)cc1=O. The monoisotopic (exact) mass is 238 g/mol. The highest BCUT2D eigenvalue weighted by Crippen LogP contribution is 2.04. The Balaban J connectivity index is 2.52. The van der Waals surface area contributed by atoms with E-state index < -0.39 is 0 Å². The van der Waals surface area contributed by atoms with Crippen LogP contribution < -0.4 is 16.2 Å².